The van der Waals surface area contributed by atoms with E-state index in [1.165, 1.54) is 25.7 Å². The molecule has 1 amide bonds. The molecule has 0 aromatic heterocycles. The van der Waals surface area contributed by atoms with Gasteiger partial charge in [-0.15, -0.1) is 0 Å². The van der Waals surface area contributed by atoms with Crippen LogP contribution in [0.3, 0.4) is 0 Å². The average Bonchev–Trinajstić information content (AvgIpc) is 2.26. The minimum Gasteiger partial charge on any atom is -0.372 e. The molecule has 3 nitrogen and oxygen atoms in total. The van der Waals surface area contributed by atoms with E-state index in [1.807, 2.05) is 0 Å². The van der Waals surface area contributed by atoms with Crippen LogP contribution in [0.4, 0.5) is 0 Å². The van der Waals surface area contributed by atoms with Crippen LogP contribution in [0.1, 0.15) is 39.5 Å². The molecule has 1 aliphatic rings. The second-order valence-corrected chi connectivity index (χ2v) is 4.75. The van der Waals surface area contributed by atoms with Crippen molar-refractivity contribution in [3.63, 3.8) is 0 Å². The van der Waals surface area contributed by atoms with Crippen molar-refractivity contribution in [2.24, 2.45) is 11.8 Å². The SMILES string of the molecule is COC(C)C(=O)NCC1CCC(C)CC1. The minimum absolute atomic E-state index is 0.0103. The van der Waals surface area contributed by atoms with Crippen molar-refractivity contribution in [3.05, 3.63) is 0 Å². The summed E-state index contributed by atoms with van der Waals surface area (Å²) in [5.74, 6) is 1.56. The molecule has 1 N–H and O–H groups in total. The van der Waals surface area contributed by atoms with Crippen LogP contribution >= 0.6 is 0 Å². The zero-order valence-electron chi connectivity index (χ0n) is 10.1. The summed E-state index contributed by atoms with van der Waals surface area (Å²) in [4.78, 5) is 11.4. The number of hydrogen-bond acceptors (Lipinski definition) is 2. The highest BCUT2D eigenvalue weighted by molar-refractivity contribution is 5.80. The van der Waals surface area contributed by atoms with Crippen LogP contribution in [0.5, 0.6) is 0 Å². The van der Waals surface area contributed by atoms with Gasteiger partial charge in [-0.1, -0.05) is 19.8 Å². The first kappa shape index (κ1) is 12.5. The Morgan fingerprint density at radius 2 is 2.00 bits per heavy atom. The summed E-state index contributed by atoms with van der Waals surface area (Å²) in [5, 5.41) is 2.95. The number of methoxy groups -OCH3 is 1. The van der Waals surface area contributed by atoms with Gasteiger partial charge in [0.2, 0.25) is 5.91 Å². The molecule has 1 saturated carbocycles. The van der Waals surface area contributed by atoms with E-state index in [-0.39, 0.29) is 12.0 Å². The van der Waals surface area contributed by atoms with Gasteiger partial charge in [-0.3, -0.25) is 4.79 Å². The zero-order valence-corrected chi connectivity index (χ0v) is 10.1. The number of rotatable bonds is 4. The van der Waals surface area contributed by atoms with Crippen molar-refractivity contribution in [3.8, 4) is 0 Å². The molecular formula is C12H23NO2. The van der Waals surface area contributed by atoms with Crippen LogP contribution < -0.4 is 5.32 Å². The third-order valence-electron chi connectivity index (χ3n) is 3.42. The molecule has 0 aliphatic heterocycles. The maximum Gasteiger partial charge on any atom is 0.248 e. The molecule has 0 spiro atoms. The van der Waals surface area contributed by atoms with Crippen LogP contribution in [-0.4, -0.2) is 25.7 Å². The lowest BCUT2D eigenvalue weighted by Gasteiger charge is -2.26. The highest BCUT2D eigenvalue weighted by atomic mass is 16.5. The van der Waals surface area contributed by atoms with Gasteiger partial charge in [0, 0.05) is 13.7 Å². The van der Waals surface area contributed by atoms with E-state index in [2.05, 4.69) is 12.2 Å². The molecule has 0 radical (unpaired) electrons. The number of nitrogens with one attached hydrogen (secondary N) is 1. The van der Waals surface area contributed by atoms with Crippen LogP contribution in [0.2, 0.25) is 0 Å². The molecule has 0 aromatic rings. The minimum atomic E-state index is -0.326. The van der Waals surface area contributed by atoms with Gasteiger partial charge >= 0.3 is 0 Å². The topological polar surface area (TPSA) is 38.3 Å². The number of amides is 1. The summed E-state index contributed by atoms with van der Waals surface area (Å²) in [7, 11) is 1.56. The van der Waals surface area contributed by atoms with Crippen LogP contribution in [-0.2, 0) is 9.53 Å². The van der Waals surface area contributed by atoms with Crippen molar-refractivity contribution in [1.82, 2.24) is 5.32 Å². The van der Waals surface area contributed by atoms with E-state index in [4.69, 9.17) is 4.74 Å². The lowest BCUT2D eigenvalue weighted by molar-refractivity contribution is -0.130. The quantitative estimate of drug-likeness (QED) is 0.775. The zero-order chi connectivity index (χ0) is 11.3. The molecule has 0 bridgehead atoms. The monoisotopic (exact) mass is 213 g/mol. The lowest BCUT2D eigenvalue weighted by atomic mass is 9.83. The second kappa shape index (κ2) is 6.11. The largest absolute Gasteiger partial charge is 0.372 e. The Hall–Kier alpha value is -0.570. The number of hydrogen-bond donors (Lipinski definition) is 1. The molecule has 15 heavy (non-hydrogen) atoms. The summed E-state index contributed by atoms with van der Waals surface area (Å²) in [6, 6.07) is 0. The molecule has 0 aromatic carbocycles. The summed E-state index contributed by atoms with van der Waals surface area (Å²) in [6.07, 6.45) is 4.79. The predicted molar refractivity (Wildman–Crippen MR) is 60.6 cm³/mol. The first-order valence-corrected chi connectivity index (χ1v) is 5.94. The molecular weight excluding hydrogens is 190 g/mol. The summed E-state index contributed by atoms with van der Waals surface area (Å²) in [5.41, 5.74) is 0. The number of carbonyl (C=O) groups excluding carboxylic acids is 1. The van der Waals surface area contributed by atoms with Crippen LogP contribution in [0.25, 0.3) is 0 Å². The lowest BCUT2D eigenvalue weighted by Crippen LogP contribution is -2.37. The van der Waals surface area contributed by atoms with E-state index in [0.717, 1.165) is 12.5 Å². The molecule has 0 saturated heterocycles. The fourth-order valence-corrected chi connectivity index (χ4v) is 2.03. The van der Waals surface area contributed by atoms with Gasteiger partial charge in [-0.05, 0) is 31.6 Å². The molecule has 1 rings (SSSR count). The first-order valence-electron chi connectivity index (χ1n) is 5.94. The highest BCUT2D eigenvalue weighted by Crippen LogP contribution is 2.27. The Labute approximate surface area is 92.6 Å². The molecule has 1 fully saturated rings. The van der Waals surface area contributed by atoms with Gasteiger partial charge in [0.05, 0.1) is 0 Å². The van der Waals surface area contributed by atoms with Crippen molar-refractivity contribution < 1.29 is 9.53 Å². The Morgan fingerprint density at radius 3 is 2.53 bits per heavy atom. The fourth-order valence-electron chi connectivity index (χ4n) is 2.03. The standard InChI is InChI=1S/C12H23NO2/c1-9-4-6-11(7-5-9)8-13-12(14)10(2)15-3/h9-11H,4-8H2,1-3H3,(H,13,14). The number of carbonyl (C=O) groups is 1. The maximum atomic E-state index is 11.4. The Morgan fingerprint density at radius 1 is 1.40 bits per heavy atom. The normalized spacial score (nSPS) is 28.5. The van der Waals surface area contributed by atoms with Gasteiger partial charge in [0.25, 0.3) is 0 Å². The third kappa shape index (κ3) is 4.20. The van der Waals surface area contributed by atoms with E-state index < -0.39 is 0 Å². The molecule has 3 heteroatoms. The van der Waals surface area contributed by atoms with Crippen molar-refractivity contribution in [2.75, 3.05) is 13.7 Å². The van der Waals surface area contributed by atoms with E-state index in [9.17, 15) is 4.79 Å². The van der Waals surface area contributed by atoms with Crippen molar-refractivity contribution >= 4 is 5.91 Å². The van der Waals surface area contributed by atoms with Gasteiger partial charge < -0.3 is 10.1 Å². The Kier molecular flexibility index (Phi) is 5.09. The summed E-state index contributed by atoms with van der Waals surface area (Å²) >= 11 is 0. The highest BCUT2D eigenvalue weighted by Gasteiger charge is 2.19. The summed E-state index contributed by atoms with van der Waals surface area (Å²) < 4.78 is 4.96. The molecule has 88 valence electrons. The molecule has 1 aliphatic carbocycles. The molecule has 1 unspecified atom stereocenters. The van der Waals surface area contributed by atoms with Gasteiger partial charge in [0.15, 0.2) is 0 Å². The first-order chi connectivity index (χ1) is 7.13. The second-order valence-electron chi connectivity index (χ2n) is 4.75. The number of ether oxygens (including phenoxy) is 1. The van der Waals surface area contributed by atoms with Crippen LogP contribution in [0.15, 0.2) is 0 Å². The Bertz CT molecular complexity index is 198. The molecule has 1 atom stereocenters. The van der Waals surface area contributed by atoms with E-state index in [1.54, 1.807) is 14.0 Å². The maximum absolute atomic E-state index is 11.4. The van der Waals surface area contributed by atoms with Crippen molar-refractivity contribution in [2.45, 2.75) is 45.6 Å². The summed E-state index contributed by atoms with van der Waals surface area (Å²) in [6.45, 7) is 4.90. The van der Waals surface area contributed by atoms with Crippen molar-refractivity contribution in [1.29, 1.82) is 0 Å². The van der Waals surface area contributed by atoms with Gasteiger partial charge in [-0.25, -0.2) is 0 Å². The van der Waals surface area contributed by atoms with Crippen LogP contribution in [0, 0.1) is 11.8 Å². The Balaban J connectivity index is 2.17. The fraction of sp³-hybridized carbons (Fsp3) is 0.917. The predicted octanol–water partition coefficient (Wildman–Crippen LogP) is 1.96. The average molecular weight is 213 g/mol. The van der Waals surface area contributed by atoms with Gasteiger partial charge in [-0.2, -0.15) is 0 Å². The molecule has 0 heterocycles. The smallest absolute Gasteiger partial charge is 0.248 e. The third-order valence-corrected chi connectivity index (χ3v) is 3.42. The van der Waals surface area contributed by atoms with E-state index in [0.29, 0.717) is 5.92 Å². The van der Waals surface area contributed by atoms with Gasteiger partial charge in [0.1, 0.15) is 6.10 Å². The van der Waals surface area contributed by atoms with E-state index >= 15 is 0 Å².